The van der Waals surface area contributed by atoms with E-state index in [2.05, 4.69) is 27.1 Å². The molecule has 1 N–H and O–H groups in total. The smallest absolute Gasteiger partial charge is 0.274 e. The second-order valence-corrected chi connectivity index (χ2v) is 6.45. The molecular formula is C19H24N4O3. The number of nitrogens with one attached hydrogen (secondary N) is 1. The highest BCUT2D eigenvalue weighted by Crippen LogP contribution is 2.29. The van der Waals surface area contributed by atoms with Gasteiger partial charge in [-0.3, -0.25) is 4.79 Å². The zero-order valence-corrected chi connectivity index (χ0v) is 15.4. The first-order chi connectivity index (χ1) is 12.6. The van der Waals surface area contributed by atoms with Crippen molar-refractivity contribution in [3.05, 3.63) is 36.3 Å². The van der Waals surface area contributed by atoms with Gasteiger partial charge in [0.2, 0.25) is 0 Å². The van der Waals surface area contributed by atoms with Crippen LogP contribution in [-0.4, -0.2) is 43.2 Å². The molecule has 0 bridgehead atoms. The van der Waals surface area contributed by atoms with Crippen molar-refractivity contribution in [3.63, 3.8) is 0 Å². The van der Waals surface area contributed by atoms with Crippen molar-refractivity contribution >= 4 is 17.4 Å². The zero-order valence-electron chi connectivity index (χ0n) is 15.4. The number of aromatic nitrogens is 2. The Hall–Kier alpha value is -2.83. The summed E-state index contributed by atoms with van der Waals surface area (Å²) >= 11 is 0. The average Bonchev–Trinajstić information content (AvgIpc) is 2.68. The normalized spacial score (nSPS) is 14.8. The Morgan fingerprint density at radius 2 is 1.92 bits per heavy atom. The summed E-state index contributed by atoms with van der Waals surface area (Å²) in [6, 6.07) is 6.96. The van der Waals surface area contributed by atoms with Gasteiger partial charge in [0.15, 0.2) is 0 Å². The number of anilines is 2. The van der Waals surface area contributed by atoms with Gasteiger partial charge in [-0.2, -0.15) is 0 Å². The third-order valence-electron chi connectivity index (χ3n) is 4.65. The van der Waals surface area contributed by atoms with E-state index in [1.165, 1.54) is 6.33 Å². The number of nitrogens with zero attached hydrogens (tertiary/aromatic N) is 3. The topological polar surface area (TPSA) is 76.6 Å². The Bertz CT molecular complexity index is 773. The number of carbonyl (C=O) groups excluding carboxylic acids is 1. The molecule has 1 aliphatic rings. The highest BCUT2D eigenvalue weighted by Gasteiger charge is 2.19. The van der Waals surface area contributed by atoms with Crippen molar-refractivity contribution in [2.24, 2.45) is 5.92 Å². The molecule has 2 aromatic rings. The average molecular weight is 356 g/mol. The van der Waals surface area contributed by atoms with E-state index < -0.39 is 0 Å². The molecule has 138 valence electrons. The third-order valence-corrected chi connectivity index (χ3v) is 4.65. The Kier molecular flexibility index (Phi) is 5.55. The summed E-state index contributed by atoms with van der Waals surface area (Å²) in [5.41, 5.74) is 0.849. The predicted molar refractivity (Wildman–Crippen MR) is 100 cm³/mol. The van der Waals surface area contributed by atoms with E-state index in [4.69, 9.17) is 9.47 Å². The van der Waals surface area contributed by atoms with Gasteiger partial charge >= 0.3 is 0 Å². The lowest BCUT2D eigenvalue weighted by atomic mass is 9.99. The largest absolute Gasteiger partial charge is 0.497 e. The van der Waals surface area contributed by atoms with E-state index >= 15 is 0 Å². The first-order valence-electron chi connectivity index (χ1n) is 8.71. The molecule has 1 fully saturated rings. The van der Waals surface area contributed by atoms with Crippen molar-refractivity contribution in [1.82, 2.24) is 9.97 Å². The summed E-state index contributed by atoms with van der Waals surface area (Å²) in [6.45, 7) is 4.16. The summed E-state index contributed by atoms with van der Waals surface area (Å²) in [6.07, 6.45) is 3.70. The highest BCUT2D eigenvalue weighted by atomic mass is 16.5. The summed E-state index contributed by atoms with van der Waals surface area (Å²) in [4.78, 5) is 23.3. The minimum atomic E-state index is -0.314. The molecule has 1 aromatic heterocycles. The SMILES string of the molecule is COc1ccc(OC)c(NC(=O)c2cc(N3CCC(C)CC3)ncn2)c1. The van der Waals surface area contributed by atoms with Crippen LogP contribution >= 0.6 is 0 Å². The first-order valence-corrected chi connectivity index (χ1v) is 8.71. The maximum atomic E-state index is 12.7. The predicted octanol–water partition coefficient (Wildman–Crippen LogP) is 2.98. The molecule has 0 aliphatic carbocycles. The molecule has 0 unspecified atom stereocenters. The number of benzene rings is 1. The standard InChI is InChI=1S/C19H24N4O3/c1-13-6-8-23(9-7-13)18-11-16(20-12-21-18)19(24)22-15-10-14(25-2)4-5-17(15)26-3/h4-5,10-13H,6-9H2,1-3H3,(H,22,24). The van der Waals surface area contributed by atoms with Gasteiger partial charge in [-0.25, -0.2) is 9.97 Å². The number of amides is 1. The molecule has 3 rings (SSSR count). The van der Waals surface area contributed by atoms with E-state index in [0.717, 1.165) is 37.7 Å². The summed E-state index contributed by atoms with van der Waals surface area (Å²) in [5.74, 6) is 2.39. The van der Waals surface area contributed by atoms with Crippen LogP contribution in [0.5, 0.6) is 11.5 Å². The number of hydrogen-bond donors (Lipinski definition) is 1. The van der Waals surface area contributed by atoms with Crippen molar-refractivity contribution in [1.29, 1.82) is 0 Å². The van der Waals surface area contributed by atoms with Gasteiger partial charge in [0.25, 0.3) is 5.91 Å². The van der Waals surface area contributed by atoms with Crippen LogP contribution in [-0.2, 0) is 0 Å². The molecule has 0 radical (unpaired) electrons. The van der Waals surface area contributed by atoms with Crippen molar-refractivity contribution in [2.75, 3.05) is 37.5 Å². The molecule has 7 nitrogen and oxygen atoms in total. The van der Waals surface area contributed by atoms with Crippen LogP contribution in [0.3, 0.4) is 0 Å². The molecule has 1 aliphatic heterocycles. The fraction of sp³-hybridized carbons (Fsp3) is 0.421. The number of methoxy groups -OCH3 is 2. The van der Waals surface area contributed by atoms with Gasteiger partial charge in [-0.05, 0) is 30.9 Å². The molecule has 1 aromatic carbocycles. The maximum absolute atomic E-state index is 12.7. The number of ether oxygens (including phenoxy) is 2. The van der Waals surface area contributed by atoms with Gasteiger partial charge < -0.3 is 19.7 Å². The fourth-order valence-electron chi connectivity index (χ4n) is 2.98. The van der Waals surface area contributed by atoms with Gasteiger partial charge in [0.05, 0.1) is 19.9 Å². The highest BCUT2D eigenvalue weighted by molar-refractivity contribution is 6.04. The van der Waals surface area contributed by atoms with Gasteiger partial charge in [-0.15, -0.1) is 0 Å². The van der Waals surface area contributed by atoms with Crippen molar-refractivity contribution in [3.8, 4) is 11.5 Å². The minimum absolute atomic E-state index is 0.314. The molecule has 26 heavy (non-hydrogen) atoms. The molecular weight excluding hydrogens is 332 g/mol. The van der Waals surface area contributed by atoms with Crippen LogP contribution in [0.2, 0.25) is 0 Å². The van der Waals surface area contributed by atoms with Crippen LogP contribution < -0.4 is 19.7 Å². The molecule has 1 saturated heterocycles. The Balaban J connectivity index is 1.77. The van der Waals surface area contributed by atoms with E-state index in [0.29, 0.717) is 22.9 Å². The molecule has 0 atom stereocenters. The minimum Gasteiger partial charge on any atom is -0.497 e. The lowest BCUT2D eigenvalue weighted by Gasteiger charge is -2.31. The summed E-state index contributed by atoms with van der Waals surface area (Å²) in [7, 11) is 3.13. The van der Waals surface area contributed by atoms with Crippen molar-refractivity contribution in [2.45, 2.75) is 19.8 Å². The first kappa shape index (κ1) is 18.0. The van der Waals surface area contributed by atoms with Crippen LogP contribution in [0.15, 0.2) is 30.6 Å². The number of piperidine rings is 1. The van der Waals surface area contributed by atoms with Gasteiger partial charge in [0.1, 0.15) is 29.3 Å². The van der Waals surface area contributed by atoms with E-state index in [-0.39, 0.29) is 5.91 Å². The second kappa shape index (κ2) is 8.03. The molecule has 7 heteroatoms. The molecule has 0 spiro atoms. The number of rotatable bonds is 5. The number of hydrogen-bond acceptors (Lipinski definition) is 6. The third kappa shape index (κ3) is 4.04. The van der Waals surface area contributed by atoms with E-state index in [1.807, 2.05) is 0 Å². The molecule has 2 heterocycles. The second-order valence-electron chi connectivity index (χ2n) is 6.45. The van der Waals surface area contributed by atoms with Crippen LogP contribution in [0.25, 0.3) is 0 Å². The molecule has 1 amide bonds. The fourth-order valence-corrected chi connectivity index (χ4v) is 2.98. The van der Waals surface area contributed by atoms with Crippen molar-refractivity contribution < 1.29 is 14.3 Å². The summed E-state index contributed by atoms with van der Waals surface area (Å²) < 4.78 is 10.5. The van der Waals surface area contributed by atoms with Gasteiger partial charge in [0, 0.05) is 25.2 Å². The molecule has 0 saturated carbocycles. The van der Waals surface area contributed by atoms with Crippen LogP contribution in [0.1, 0.15) is 30.3 Å². The summed E-state index contributed by atoms with van der Waals surface area (Å²) in [5, 5.41) is 2.84. The van der Waals surface area contributed by atoms with Gasteiger partial charge in [-0.1, -0.05) is 6.92 Å². The van der Waals surface area contributed by atoms with E-state index in [9.17, 15) is 4.79 Å². The zero-order chi connectivity index (χ0) is 18.5. The lowest BCUT2D eigenvalue weighted by molar-refractivity contribution is 0.102. The van der Waals surface area contributed by atoms with Crippen LogP contribution in [0, 0.1) is 5.92 Å². The Labute approximate surface area is 153 Å². The number of carbonyl (C=O) groups is 1. The Morgan fingerprint density at radius 3 is 2.62 bits per heavy atom. The monoisotopic (exact) mass is 356 g/mol. The van der Waals surface area contributed by atoms with Crippen LogP contribution in [0.4, 0.5) is 11.5 Å². The lowest BCUT2D eigenvalue weighted by Crippen LogP contribution is -2.33. The quantitative estimate of drug-likeness (QED) is 0.887. The maximum Gasteiger partial charge on any atom is 0.274 e. The Morgan fingerprint density at radius 1 is 1.15 bits per heavy atom. The van der Waals surface area contributed by atoms with E-state index in [1.54, 1.807) is 38.5 Å².